The molecule has 1 aliphatic heterocycles. The Labute approximate surface area is 182 Å². The van der Waals surface area contributed by atoms with E-state index in [2.05, 4.69) is 10.3 Å². The van der Waals surface area contributed by atoms with Gasteiger partial charge in [-0.05, 0) is 56.0 Å². The predicted molar refractivity (Wildman–Crippen MR) is 121 cm³/mol. The van der Waals surface area contributed by atoms with Crippen LogP contribution >= 0.6 is 0 Å². The number of esters is 1. The van der Waals surface area contributed by atoms with Crippen molar-refractivity contribution < 1.29 is 14.3 Å². The first-order chi connectivity index (χ1) is 14.7. The van der Waals surface area contributed by atoms with E-state index < -0.39 is 17.9 Å². The zero-order chi connectivity index (χ0) is 22.6. The Balaban J connectivity index is 1.74. The van der Waals surface area contributed by atoms with Gasteiger partial charge in [-0.1, -0.05) is 30.4 Å². The van der Waals surface area contributed by atoms with Crippen LogP contribution in [-0.2, 0) is 20.7 Å². The number of methoxy groups -OCH3 is 1. The van der Waals surface area contributed by atoms with Gasteiger partial charge < -0.3 is 15.8 Å². The molecule has 3 rings (SSSR count). The number of carbonyl (C=O) groups is 2. The Kier molecular flexibility index (Phi) is 6.53. The molecule has 1 aromatic carbocycles. The molecule has 0 saturated heterocycles. The lowest BCUT2D eigenvalue weighted by atomic mass is 9.81. The van der Waals surface area contributed by atoms with Gasteiger partial charge in [0.2, 0.25) is 0 Å². The number of rotatable bonds is 7. The summed E-state index contributed by atoms with van der Waals surface area (Å²) in [5, 5.41) is 10.6. The fourth-order valence-corrected chi connectivity index (χ4v) is 3.80. The average molecular weight is 421 g/mol. The number of hydrogen-bond donors (Lipinski definition) is 3. The van der Waals surface area contributed by atoms with Gasteiger partial charge in [0, 0.05) is 23.4 Å². The largest absolute Gasteiger partial charge is 0.469 e. The van der Waals surface area contributed by atoms with Crippen LogP contribution in [0.5, 0.6) is 0 Å². The van der Waals surface area contributed by atoms with Crippen molar-refractivity contribution >= 4 is 23.9 Å². The van der Waals surface area contributed by atoms with E-state index in [9.17, 15) is 9.59 Å². The molecule has 2 aliphatic rings. The number of aliphatic imine (C=N–C) groups is 1. The molecule has 0 saturated carbocycles. The Morgan fingerprint density at radius 3 is 2.87 bits per heavy atom. The van der Waals surface area contributed by atoms with Crippen molar-refractivity contribution in [3.8, 4) is 0 Å². The summed E-state index contributed by atoms with van der Waals surface area (Å²) >= 11 is 0. The quantitative estimate of drug-likeness (QED) is 0.357. The summed E-state index contributed by atoms with van der Waals surface area (Å²) in [6.07, 6.45) is 10.3. The van der Waals surface area contributed by atoms with E-state index >= 15 is 0 Å². The van der Waals surface area contributed by atoms with E-state index in [1.54, 1.807) is 31.3 Å². The highest BCUT2D eigenvalue weighted by molar-refractivity contribution is 5.97. The second-order valence-electron chi connectivity index (χ2n) is 8.08. The van der Waals surface area contributed by atoms with E-state index in [0.717, 1.165) is 11.1 Å². The van der Waals surface area contributed by atoms with Crippen molar-refractivity contribution in [2.45, 2.75) is 38.3 Å². The first kappa shape index (κ1) is 22.2. The molecule has 1 aromatic rings. The van der Waals surface area contributed by atoms with Crippen molar-refractivity contribution in [1.29, 1.82) is 5.41 Å². The SMILES string of the molecule is COC(=O)C(Cc1cccc(C(=N)N)c1)C(C)NC(=O)C1=CCC2(C)N=CC=CC2=C1. The van der Waals surface area contributed by atoms with Crippen LogP contribution in [0.25, 0.3) is 0 Å². The predicted octanol–water partition coefficient (Wildman–Crippen LogP) is 2.46. The summed E-state index contributed by atoms with van der Waals surface area (Å²) in [6, 6.07) is 6.71. The molecule has 1 heterocycles. The second kappa shape index (κ2) is 9.12. The number of amidine groups is 1. The van der Waals surface area contributed by atoms with E-state index in [-0.39, 0.29) is 17.3 Å². The Bertz CT molecular complexity index is 1020. The van der Waals surface area contributed by atoms with Crippen molar-refractivity contribution in [3.63, 3.8) is 0 Å². The van der Waals surface area contributed by atoms with E-state index in [4.69, 9.17) is 15.9 Å². The summed E-state index contributed by atoms with van der Waals surface area (Å²) in [5.41, 5.74) is 8.21. The number of fused-ring (bicyclic) bond motifs is 1. The number of amides is 1. The lowest BCUT2D eigenvalue weighted by Crippen LogP contribution is -2.43. The van der Waals surface area contributed by atoms with Crippen LogP contribution in [0.1, 0.15) is 31.4 Å². The third kappa shape index (κ3) is 4.99. The van der Waals surface area contributed by atoms with Gasteiger partial charge in [0.15, 0.2) is 0 Å². The molecular formula is C24H28N4O3. The van der Waals surface area contributed by atoms with Crippen LogP contribution in [0.15, 0.2) is 64.7 Å². The van der Waals surface area contributed by atoms with Gasteiger partial charge in [-0.2, -0.15) is 0 Å². The Morgan fingerprint density at radius 1 is 1.39 bits per heavy atom. The van der Waals surface area contributed by atoms with Gasteiger partial charge in [0.1, 0.15) is 5.84 Å². The number of ether oxygens (including phenoxy) is 1. The zero-order valence-corrected chi connectivity index (χ0v) is 18.0. The molecule has 7 heteroatoms. The maximum atomic E-state index is 12.9. The molecular weight excluding hydrogens is 392 g/mol. The smallest absolute Gasteiger partial charge is 0.311 e. The molecule has 3 atom stereocenters. The summed E-state index contributed by atoms with van der Waals surface area (Å²) in [7, 11) is 1.33. The van der Waals surface area contributed by atoms with Gasteiger partial charge in [0.25, 0.3) is 5.91 Å². The van der Waals surface area contributed by atoms with Crippen molar-refractivity contribution in [2.24, 2.45) is 16.6 Å². The molecule has 162 valence electrons. The standard InChI is InChI=1S/C24H28N4O3/c1-15(20(23(30)31-3)13-16-6-4-7-17(12-16)21(25)26)28-22(29)18-9-10-24(2)19(14-18)8-5-11-27-24/h4-9,11-12,14-15,20H,10,13H2,1-3H3,(H3,25,26)(H,28,29). The minimum Gasteiger partial charge on any atom is -0.469 e. The van der Waals surface area contributed by atoms with Crippen LogP contribution in [0, 0.1) is 11.3 Å². The molecule has 0 spiro atoms. The molecule has 3 unspecified atom stereocenters. The fraction of sp³-hybridized carbons (Fsp3) is 0.333. The third-order valence-electron chi connectivity index (χ3n) is 5.80. The molecule has 1 amide bonds. The minimum absolute atomic E-state index is 0.0387. The molecule has 0 fully saturated rings. The number of carbonyl (C=O) groups excluding carboxylic acids is 2. The van der Waals surface area contributed by atoms with Gasteiger partial charge in [0.05, 0.1) is 18.6 Å². The monoisotopic (exact) mass is 420 g/mol. The number of nitrogens with one attached hydrogen (secondary N) is 2. The van der Waals surface area contributed by atoms with Gasteiger partial charge in [-0.15, -0.1) is 0 Å². The van der Waals surface area contributed by atoms with E-state index in [0.29, 0.717) is 24.0 Å². The average Bonchev–Trinajstić information content (AvgIpc) is 2.76. The van der Waals surface area contributed by atoms with Crippen LogP contribution in [0.2, 0.25) is 0 Å². The van der Waals surface area contributed by atoms with Crippen molar-refractivity contribution in [2.75, 3.05) is 7.11 Å². The Hall–Kier alpha value is -3.48. The summed E-state index contributed by atoms with van der Waals surface area (Å²) in [5.74, 6) is -1.27. The number of dihydropyridines is 1. The molecule has 31 heavy (non-hydrogen) atoms. The number of allylic oxidation sites excluding steroid dienone is 1. The minimum atomic E-state index is -0.586. The van der Waals surface area contributed by atoms with E-state index in [1.807, 2.05) is 37.3 Å². The highest BCUT2D eigenvalue weighted by Gasteiger charge is 2.32. The first-order valence-corrected chi connectivity index (χ1v) is 10.2. The van der Waals surface area contributed by atoms with Crippen LogP contribution < -0.4 is 11.1 Å². The molecule has 0 bridgehead atoms. The lowest BCUT2D eigenvalue weighted by Gasteiger charge is -2.31. The first-order valence-electron chi connectivity index (χ1n) is 10.2. The number of nitrogen functional groups attached to an aromatic ring is 1. The third-order valence-corrected chi connectivity index (χ3v) is 5.80. The lowest BCUT2D eigenvalue weighted by molar-refractivity contribution is -0.146. The normalized spacial score (nSPS) is 21.3. The highest BCUT2D eigenvalue weighted by Crippen LogP contribution is 2.34. The van der Waals surface area contributed by atoms with Gasteiger partial charge in [-0.25, -0.2) is 0 Å². The van der Waals surface area contributed by atoms with Crippen LogP contribution in [-0.4, -0.2) is 42.6 Å². The molecule has 1 aliphatic carbocycles. The number of benzene rings is 1. The van der Waals surface area contributed by atoms with Gasteiger partial charge in [-0.3, -0.25) is 20.0 Å². The summed E-state index contributed by atoms with van der Waals surface area (Å²) < 4.78 is 4.99. The van der Waals surface area contributed by atoms with E-state index in [1.165, 1.54) is 7.11 Å². The van der Waals surface area contributed by atoms with Crippen molar-refractivity contribution in [3.05, 3.63) is 70.8 Å². The number of hydrogen-bond acceptors (Lipinski definition) is 5. The second-order valence-corrected chi connectivity index (χ2v) is 8.08. The maximum absolute atomic E-state index is 12.9. The maximum Gasteiger partial charge on any atom is 0.311 e. The molecule has 4 N–H and O–H groups in total. The fourth-order valence-electron chi connectivity index (χ4n) is 3.80. The molecule has 7 nitrogen and oxygen atoms in total. The van der Waals surface area contributed by atoms with Crippen molar-refractivity contribution in [1.82, 2.24) is 5.32 Å². The molecule has 0 aromatic heterocycles. The van der Waals surface area contributed by atoms with Crippen LogP contribution in [0.4, 0.5) is 0 Å². The summed E-state index contributed by atoms with van der Waals surface area (Å²) in [4.78, 5) is 29.9. The van der Waals surface area contributed by atoms with Crippen LogP contribution in [0.3, 0.4) is 0 Å². The number of nitrogens with two attached hydrogens (primary N) is 1. The van der Waals surface area contributed by atoms with Gasteiger partial charge >= 0.3 is 5.97 Å². The topological polar surface area (TPSA) is 118 Å². The Morgan fingerprint density at radius 2 is 2.16 bits per heavy atom. The number of nitrogens with zero attached hydrogens (tertiary/aromatic N) is 1. The zero-order valence-electron chi connectivity index (χ0n) is 18.0. The summed E-state index contributed by atoms with van der Waals surface area (Å²) in [6.45, 7) is 3.83. The molecule has 0 radical (unpaired) electrons. The highest BCUT2D eigenvalue weighted by atomic mass is 16.5.